The number of ether oxygens (including phenoxy) is 2. The molecule has 2 saturated carbocycles. The highest BCUT2D eigenvalue weighted by molar-refractivity contribution is 4.88. The largest absolute Gasteiger partial charge is 0.348 e. The van der Waals surface area contributed by atoms with Crippen LogP contribution in [0.1, 0.15) is 71.1 Å². The minimum atomic E-state index is -0.197. The molecule has 2 aliphatic carbocycles. The van der Waals surface area contributed by atoms with Crippen molar-refractivity contribution in [2.75, 3.05) is 13.2 Å². The van der Waals surface area contributed by atoms with Gasteiger partial charge in [-0.1, -0.05) is 19.8 Å². The molecule has 0 atom stereocenters. The molecule has 0 amide bonds. The van der Waals surface area contributed by atoms with E-state index in [1.807, 2.05) is 0 Å². The fourth-order valence-electron chi connectivity index (χ4n) is 4.37. The van der Waals surface area contributed by atoms with Crippen LogP contribution in [0, 0.1) is 5.92 Å². The van der Waals surface area contributed by atoms with Gasteiger partial charge in [0, 0.05) is 24.9 Å². The summed E-state index contributed by atoms with van der Waals surface area (Å²) < 4.78 is 11.6. The van der Waals surface area contributed by atoms with Crippen LogP contribution in [0.4, 0.5) is 0 Å². The molecule has 1 N–H and O–H groups in total. The van der Waals surface area contributed by atoms with Gasteiger partial charge >= 0.3 is 0 Å². The molecule has 0 unspecified atom stereocenters. The van der Waals surface area contributed by atoms with E-state index in [4.69, 9.17) is 9.47 Å². The summed E-state index contributed by atoms with van der Waals surface area (Å²) in [6, 6.07) is 1.47. The van der Waals surface area contributed by atoms with Gasteiger partial charge in [0.1, 0.15) is 0 Å². The third-order valence-electron chi connectivity index (χ3n) is 5.58. The maximum absolute atomic E-state index is 5.81. The Bertz CT molecular complexity index is 283. The van der Waals surface area contributed by atoms with E-state index >= 15 is 0 Å². The first-order chi connectivity index (χ1) is 9.80. The van der Waals surface area contributed by atoms with E-state index in [1.165, 1.54) is 51.4 Å². The number of hydrogen-bond acceptors (Lipinski definition) is 3. The SMILES string of the molecule is CCCC1CCC(NC2CCC3(CC2)OCCO3)CC1. The van der Waals surface area contributed by atoms with Crippen LogP contribution in [0.3, 0.4) is 0 Å². The Morgan fingerprint density at radius 2 is 1.50 bits per heavy atom. The summed E-state index contributed by atoms with van der Waals surface area (Å²) in [5.41, 5.74) is 0. The van der Waals surface area contributed by atoms with Gasteiger partial charge in [-0.3, -0.25) is 0 Å². The standard InChI is InChI=1S/C17H31NO2/c1-2-3-14-4-6-15(7-5-14)18-16-8-10-17(11-9-16)19-12-13-20-17/h14-16,18H,2-13H2,1H3. The van der Waals surface area contributed by atoms with Crippen LogP contribution in [-0.4, -0.2) is 31.1 Å². The first-order valence-electron chi connectivity index (χ1n) is 8.83. The van der Waals surface area contributed by atoms with Crippen molar-refractivity contribution in [2.24, 2.45) is 5.92 Å². The molecule has 0 aromatic heterocycles. The Labute approximate surface area is 123 Å². The first kappa shape index (κ1) is 14.8. The van der Waals surface area contributed by atoms with E-state index in [0.717, 1.165) is 38.0 Å². The highest BCUT2D eigenvalue weighted by Gasteiger charge is 2.40. The van der Waals surface area contributed by atoms with Crippen molar-refractivity contribution >= 4 is 0 Å². The van der Waals surface area contributed by atoms with Crippen molar-refractivity contribution in [3.8, 4) is 0 Å². The molecule has 1 heterocycles. The monoisotopic (exact) mass is 281 g/mol. The van der Waals surface area contributed by atoms with Crippen molar-refractivity contribution in [1.29, 1.82) is 0 Å². The first-order valence-corrected chi connectivity index (χ1v) is 8.83. The normalized spacial score (nSPS) is 34.6. The summed E-state index contributed by atoms with van der Waals surface area (Å²) >= 11 is 0. The van der Waals surface area contributed by atoms with E-state index in [-0.39, 0.29) is 5.79 Å². The predicted molar refractivity (Wildman–Crippen MR) is 80.7 cm³/mol. The van der Waals surface area contributed by atoms with E-state index in [0.29, 0.717) is 6.04 Å². The van der Waals surface area contributed by atoms with Gasteiger partial charge in [-0.25, -0.2) is 0 Å². The summed E-state index contributed by atoms with van der Waals surface area (Å²) in [6.07, 6.45) is 13.0. The number of rotatable bonds is 4. The Morgan fingerprint density at radius 1 is 0.900 bits per heavy atom. The smallest absolute Gasteiger partial charge is 0.168 e. The minimum absolute atomic E-state index is 0.197. The van der Waals surface area contributed by atoms with Crippen LogP contribution in [-0.2, 0) is 9.47 Å². The van der Waals surface area contributed by atoms with E-state index in [9.17, 15) is 0 Å². The molecule has 0 aromatic carbocycles. The molecule has 1 aliphatic heterocycles. The molecule has 0 radical (unpaired) electrons. The Kier molecular flexibility index (Phi) is 5.00. The molecule has 116 valence electrons. The highest BCUT2D eigenvalue weighted by atomic mass is 16.7. The van der Waals surface area contributed by atoms with Crippen LogP contribution in [0.5, 0.6) is 0 Å². The van der Waals surface area contributed by atoms with Crippen molar-refractivity contribution in [3.05, 3.63) is 0 Å². The van der Waals surface area contributed by atoms with Gasteiger partial charge in [0.25, 0.3) is 0 Å². The summed E-state index contributed by atoms with van der Waals surface area (Å²) in [4.78, 5) is 0. The van der Waals surface area contributed by atoms with Crippen LogP contribution >= 0.6 is 0 Å². The van der Waals surface area contributed by atoms with Gasteiger partial charge in [0.05, 0.1) is 13.2 Å². The van der Waals surface area contributed by atoms with Crippen LogP contribution in [0.2, 0.25) is 0 Å². The maximum atomic E-state index is 5.81. The molecule has 3 fully saturated rings. The van der Waals surface area contributed by atoms with Crippen molar-refractivity contribution in [2.45, 2.75) is 89.0 Å². The number of nitrogens with one attached hydrogen (secondary N) is 1. The molecule has 3 nitrogen and oxygen atoms in total. The average molecular weight is 281 g/mol. The van der Waals surface area contributed by atoms with E-state index in [1.54, 1.807) is 0 Å². The lowest BCUT2D eigenvalue weighted by atomic mass is 9.82. The van der Waals surface area contributed by atoms with Crippen LogP contribution in [0.25, 0.3) is 0 Å². The van der Waals surface area contributed by atoms with Crippen molar-refractivity contribution < 1.29 is 9.47 Å². The third kappa shape index (κ3) is 3.55. The number of hydrogen-bond donors (Lipinski definition) is 1. The second-order valence-electron chi connectivity index (χ2n) is 7.05. The lowest BCUT2D eigenvalue weighted by Gasteiger charge is -2.38. The molecular formula is C17H31NO2. The quantitative estimate of drug-likeness (QED) is 0.853. The second kappa shape index (κ2) is 6.76. The van der Waals surface area contributed by atoms with Gasteiger partial charge in [-0.05, 0) is 44.4 Å². The summed E-state index contributed by atoms with van der Waals surface area (Å²) in [7, 11) is 0. The second-order valence-corrected chi connectivity index (χ2v) is 7.05. The van der Waals surface area contributed by atoms with Gasteiger partial charge < -0.3 is 14.8 Å². The summed E-state index contributed by atoms with van der Waals surface area (Å²) in [5.74, 6) is 0.810. The average Bonchev–Trinajstić information content (AvgIpc) is 2.93. The Morgan fingerprint density at radius 3 is 2.10 bits per heavy atom. The summed E-state index contributed by atoms with van der Waals surface area (Å²) in [6.45, 7) is 3.90. The zero-order valence-corrected chi connectivity index (χ0v) is 13.0. The van der Waals surface area contributed by atoms with Crippen molar-refractivity contribution in [3.63, 3.8) is 0 Å². The molecule has 1 spiro atoms. The van der Waals surface area contributed by atoms with Crippen LogP contribution < -0.4 is 5.32 Å². The fraction of sp³-hybridized carbons (Fsp3) is 1.00. The van der Waals surface area contributed by atoms with E-state index < -0.39 is 0 Å². The maximum Gasteiger partial charge on any atom is 0.168 e. The van der Waals surface area contributed by atoms with Crippen molar-refractivity contribution in [1.82, 2.24) is 5.32 Å². The third-order valence-corrected chi connectivity index (χ3v) is 5.58. The molecule has 20 heavy (non-hydrogen) atoms. The van der Waals surface area contributed by atoms with E-state index in [2.05, 4.69) is 12.2 Å². The molecular weight excluding hydrogens is 250 g/mol. The fourth-order valence-corrected chi connectivity index (χ4v) is 4.37. The molecule has 0 aromatic rings. The van der Waals surface area contributed by atoms with Crippen LogP contribution in [0.15, 0.2) is 0 Å². The Hall–Kier alpha value is -0.120. The lowest BCUT2D eigenvalue weighted by molar-refractivity contribution is -0.179. The zero-order valence-electron chi connectivity index (χ0n) is 13.0. The molecule has 3 heteroatoms. The molecule has 3 aliphatic rings. The zero-order chi connectivity index (χ0) is 13.8. The predicted octanol–water partition coefficient (Wildman–Crippen LogP) is 3.62. The Balaban J connectivity index is 1.37. The van der Waals surface area contributed by atoms with Gasteiger partial charge in [0.2, 0.25) is 0 Å². The van der Waals surface area contributed by atoms with Gasteiger partial charge in [-0.2, -0.15) is 0 Å². The topological polar surface area (TPSA) is 30.5 Å². The van der Waals surface area contributed by atoms with Gasteiger partial charge in [0.15, 0.2) is 5.79 Å². The highest BCUT2D eigenvalue weighted by Crippen LogP contribution is 2.36. The molecule has 3 rings (SSSR count). The molecule has 0 bridgehead atoms. The lowest BCUT2D eigenvalue weighted by Crippen LogP contribution is -2.46. The van der Waals surface area contributed by atoms with Gasteiger partial charge in [-0.15, -0.1) is 0 Å². The minimum Gasteiger partial charge on any atom is -0.348 e. The summed E-state index contributed by atoms with van der Waals surface area (Å²) in [5, 5.41) is 3.92. The molecule has 1 saturated heterocycles.